The van der Waals surface area contributed by atoms with Gasteiger partial charge in [-0.25, -0.2) is 12.7 Å². The topological polar surface area (TPSA) is 73.2 Å². The van der Waals surface area contributed by atoms with Crippen LogP contribution in [-0.4, -0.2) is 39.9 Å². The number of nitriles is 1. The van der Waals surface area contributed by atoms with E-state index in [4.69, 9.17) is 5.26 Å². The molecule has 0 saturated heterocycles. The molecule has 0 unspecified atom stereocenters. The van der Waals surface area contributed by atoms with E-state index >= 15 is 0 Å². The van der Waals surface area contributed by atoms with E-state index in [2.05, 4.69) is 5.32 Å². The summed E-state index contributed by atoms with van der Waals surface area (Å²) in [5.41, 5.74) is 1.10. The molecule has 0 saturated carbocycles. The summed E-state index contributed by atoms with van der Waals surface area (Å²) in [7, 11) is 0.00438. The Morgan fingerprint density at radius 3 is 2.78 bits per heavy atom. The lowest BCUT2D eigenvalue weighted by atomic mass is 10.2. The fourth-order valence-electron chi connectivity index (χ4n) is 1.46. The van der Waals surface area contributed by atoms with Crippen molar-refractivity contribution in [3.63, 3.8) is 0 Å². The molecule has 0 fully saturated rings. The Bertz CT molecular complexity index is 534. The average Bonchev–Trinajstić information content (AvgIpc) is 2.35. The smallest absolute Gasteiger partial charge is 0.218 e. The van der Waals surface area contributed by atoms with Crippen LogP contribution in [0.4, 0.5) is 0 Å². The fourth-order valence-corrected chi connectivity index (χ4v) is 2.65. The number of nitrogens with one attached hydrogen (secondary N) is 1. The predicted octanol–water partition coefficient (Wildman–Crippen LogP) is 0.539. The van der Waals surface area contributed by atoms with Gasteiger partial charge >= 0.3 is 0 Å². The van der Waals surface area contributed by atoms with Crippen molar-refractivity contribution in [2.75, 3.05) is 27.2 Å². The lowest BCUT2D eigenvalue weighted by Crippen LogP contribution is -2.33. The summed E-state index contributed by atoms with van der Waals surface area (Å²) < 4.78 is 25.4. The highest BCUT2D eigenvalue weighted by Gasteiger charge is 2.17. The first-order chi connectivity index (χ1) is 8.49. The Kier molecular flexibility index (Phi) is 5.28. The van der Waals surface area contributed by atoms with Crippen molar-refractivity contribution in [2.24, 2.45) is 0 Å². The van der Waals surface area contributed by atoms with Crippen LogP contribution in [0.3, 0.4) is 0 Å². The van der Waals surface area contributed by atoms with Gasteiger partial charge < -0.3 is 5.32 Å². The van der Waals surface area contributed by atoms with E-state index in [0.29, 0.717) is 24.2 Å². The minimum Gasteiger partial charge on any atom is -0.318 e. The van der Waals surface area contributed by atoms with Crippen LogP contribution in [0.5, 0.6) is 0 Å². The number of hydrogen-bond acceptors (Lipinski definition) is 4. The Balaban J connectivity index is 2.79. The Morgan fingerprint density at radius 1 is 1.44 bits per heavy atom. The molecule has 0 bridgehead atoms. The third-order valence-electron chi connectivity index (χ3n) is 2.56. The molecule has 1 aromatic rings. The third kappa shape index (κ3) is 4.11. The molecule has 0 amide bonds. The van der Waals surface area contributed by atoms with Crippen LogP contribution < -0.4 is 5.32 Å². The van der Waals surface area contributed by atoms with E-state index in [1.54, 1.807) is 38.4 Å². The first-order valence-corrected chi connectivity index (χ1v) is 7.18. The van der Waals surface area contributed by atoms with Crippen molar-refractivity contribution in [3.05, 3.63) is 35.4 Å². The maximum Gasteiger partial charge on any atom is 0.218 e. The Hall–Kier alpha value is -1.42. The number of likely N-dealkylation sites (N-methyl/N-ethyl adjacent to an activating group) is 2. The van der Waals surface area contributed by atoms with Gasteiger partial charge in [-0.1, -0.05) is 12.1 Å². The van der Waals surface area contributed by atoms with Gasteiger partial charge in [-0.3, -0.25) is 0 Å². The molecule has 0 spiro atoms. The number of rotatable bonds is 6. The van der Waals surface area contributed by atoms with E-state index < -0.39 is 10.0 Å². The molecule has 6 heteroatoms. The van der Waals surface area contributed by atoms with Gasteiger partial charge in [0.1, 0.15) is 0 Å². The highest BCUT2D eigenvalue weighted by molar-refractivity contribution is 7.88. The zero-order valence-electron chi connectivity index (χ0n) is 10.5. The molecule has 0 atom stereocenters. The first-order valence-electron chi connectivity index (χ1n) is 5.57. The summed E-state index contributed by atoms with van der Waals surface area (Å²) in [4.78, 5) is 0. The predicted molar refractivity (Wildman–Crippen MR) is 70.3 cm³/mol. The molecule has 5 nitrogen and oxygen atoms in total. The molecule has 0 aliphatic rings. The van der Waals surface area contributed by atoms with E-state index in [0.717, 1.165) is 0 Å². The molecular weight excluding hydrogens is 250 g/mol. The fraction of sp³-hybridized carbons (Fsp3) is 0.417. The zero-order chi connectivity index (χ0) is 13.6. The summed E-state index contributed by atoms with van der Waals surface area (Å²) in [6, 6.07) is 8.66. The summed E-state index contributed by atoms with van der Waals surface area (Å²) in [6.45, 7) is 1.03. The number of benzene rings is 1. The number of hydrogen-bond donors (Lipinski definition) is 1. The van der Waals surface area contributed by atoms with Gasteiger partial charge in [0.05, 0.1) is 17.4 Å². The minimum atomic E-state index is -3.33. The third-order valence-corrected chi connectivity index (χ3v) is 4.39. The standard InChI is InChI=1S/C12H17N3O2S/c1-14-6-7-15(2)18(16,17)10-12-5-3-4-11(8-12)9-13/h3-5,8,14H,6-7,10H2,1-2H3. The first kappa shape index (κ1) is 14.6. The quantitative estimate of drug-likeness (QED) is 0.816. The van der Waals surface area contributed by atoms with Crippen molar-refractivity contribution in [1.82, 2.24) is 9.62 Å². The normalized spacial score (nSPS) is 11.4. The van der Waals surface area contributed by atoms with Crippen LogP contribution in [0, 0.1) is 11.3 Å². The molecule has 0 aliphatic carbocycles. The highest BCUT2D eigenvalue weighted by atomic mass is 32.2. The van der Waals surface area contributed by atoms with Crippen molar-refractivity contribution >= 4 is 10.0 Å². The van der Waals surface area contributed by atoms with Gasteiger partial charge in [0.25, 0.3) is 0 Å². The van der Waals surface area contributed by atoms with E-state index in [9.17, 15) is 8.42 Å². The second-order valence-corrected chi connectivity index (χ2v) is 6.07. The summed E-state index contributed by atoms with van der Waals surface area (Å²) in [6.07, 6.45) is 0. The van der Waals surface area contributed by atoms with E-state index in [1.165, 1.54) is 4.31 Å². The van der Waals surface area contributed by atoms with E-state index in [1.807, 2.05) is 6.07 Å². The molecular formula is C12H17N3O2S. The SMILES string of the molecule is CNCCN(C)S(=O)(=O)Cc1cccc(C#N)c1. The zero-order valence-corrected chi connectivity index (χ0v) is 11.4. The minimum absolute atomic E-state index is 0.0806. The molecule has 0 aromatic heterocycles. The number of nitrogens with zero attached hydrogens (tertiary/aromatic N) is 2. The summed E-state index contributed by atoms with van der Waals surface area (Å²) in [5.74, 6) is -0.0806. The van der Waals surface area contributed by atoms with Gasteiger partial charge in [0.15, 0.2) is 0 Å². The molecule has 1 rings (SSSR count). The van der Waals surface area contributed by atoms with Crippen LogP contribution >= 0.6 is 0 Å². The molecule has 0 radical (unpaired) electrons. The van der Waals surface area contributed by atoms with Crippen LogP contribution in [0.25, 0.3) is 0 Å². The molecule has 1 aromatic carbocycles. The van der Waals surface area contributed by atoms with Gasteiger partial charge in [-0.05, 0) is 24.7 Å². The molecule has 98 valence electrons. The van der Waals surface area contributed by atoms with E-state index in [-0.39, 0.29) is 5.75 Å². The molecule has 1 N–H and O–H groups in total. The Morgan fingerprint density at radius 2 is 2.17 bits per heavy atom. The second kappa shape index (κ2) is 6.50. The van der Waals surface area contributed by atoms with Gasteiger partial charge in [0, 0.05) is 20.1 Å². The lowest BCUT2D eigenvalue weighted by molar-refractivity contribution is 0.465. The maximum atomic E-state index is 12.0. The lowest BCUT2D eigenvalue weighted by Gasteiger charge is -2.16. The van der Waals surface area contributed by atoms with Crippen molar-refractivity contribution in [2.45, 2.75) is 5.75 Å². The monoisotopic (exact) mass is 267 g/mol. The average molecular weight is 267 g/mol. The molecule has 0 aliphatic heterocycles. The van der Waals surface area contributed by atoms with Gasteiger partial charge in [-0.15, -0.1) is 0 Å². The number of sulfonamides is 1. The van der Waals surface area contributed by atoms with Crippen LogP contribution in [0.2, 0.25) is 0 Å². The summed E-state index contributed by atoms with van der Waals surface area (Å²) in [5, 5.41) is 11.7. The molecule has 18 heavy (non-hydrogen) atoms. The van der Waals surface area contributed by atoms with Gasteiger partial charge in [0.2, 0.25) is 10.0 Å². The summed E-state index contributed by atoms with van der Waals surface area (Å²) >= 11 is 0. The van der Waals surface area contributed by atoms with Crippen molar-refractivity contribution in [3.8, 4) is 6.07 Å². The second-order valence-electron chi connectivity index (χ2n) is 3.99. The Labute approximate surface area is 108 Å². The van der Waals surface area contributed by atoms with Crippen LogP contribution in [-0.2, 0) is 15.8 Å². The van der Waals surface area contributed by atoms with Crippen LogP contribution in [0.1, 0.15) is 11.1 Å². The highest BCUT2D eigenvalue weighted by Crippen LogP contribution is 2.11. The van der Waals surface area contributed by atoms with Crippen molar-refractivity contribution in [1.29, 1.82) is 5.26 Å². The largest absolute Gasteiger partial charge is 0.318 e. The van der Waals surface area contributed by atoms with Crippen molar-refractivity contribution < 1.29 is 8.42 Å². The van der Waals surface area contributed by atoms with Gasteiger partial charge in [-0.2, -0.15) is 5.26 Å². The van der Waals surface area contributed by atoms with Crippen LogP contribution in [0.15, 0.2) is 24.3 Å². The molecule has 0 heterocycles. The maximum absolute atomic E-state index is 12.0.